The molecule has 2 aromatic carbocycles. The molecular weight excluding hydrogens is 391 g/mol. The Balaban J connectivity index is 2.04. The average Bonchev–Trinajstić information content (AvgIpc) is 3.07. The number of hydrogen-bond acceptors (Lipinski definition) is 7. The first kappa shape index (κ1) is 19.4. The lowest BCUT2D eigenvalue weighted by molar-refractivity contribution is 0.265. The lowest BCUT2D eigenvalue weighted by Crippen LogP contribution is -2.35. The monoisotopic (exact) mass is 408 g/mol. The Kier molecular flexibility index (Phi) is 5.51. The van der Waals surface area contributed by atoms with Crippen molar-refractivity contribution in [1.29, 1.82) is 0 Å². The third kappa shape index (κ3) is 4.14. The van der Waals surface area contributed by atoms with E-state index in [0.717, 1.165) is 11.6 Å². The van der Waals surface area contributed by atoms with Gasteiger partial charge in [-0.05, 0) is 18.6 Å². The van der Waals surface area contributed by atoms with Gasteiger partial charge in [0.05, 0.1) is 6.61 Å². The van der Waals surface area contributed by atoms with Gasteiger partial charge in [-0.1, -0.05) is 47.7 Å². The van der Waals surface area contributed by atoms with Crippen molar-refractivity contribution in [3.05, 3.63) is 48.3 Å². The van der Waals surface area contributed by atoms with Crippen molar-refractivity contribution in [1.82, 2.24) is 14.9 Å². The van der Waals surface area contributed by atoms with Gasteiger partial charge in [-0.3, -0.25) is 0 Å². The maximum atomic E-state index is 14.4. The van der Waals surface area contributed by atoms with Crippen LogP contribution < -0.4 is 10.5 Å². The molecule has 0 aliphatic heterocycles. The van der Waals surface area contributed by atoms with Crippen LogP contribution in [0.4, 0.5) is 9.52 Å². The zero-order valence-corrected chi connectivity index (χ0v) is 15.9. The summed E-state index contributed by atoms with van der Waals surface area (Å²) in [6, 6.07) is 10.1. The first-order chi connectivity index (χ1) is 12.8. The van der Waals surface area contributed by atoms with Crippen molar-refractivity contribution in [2.75, 3.05) is 12.3 Å². The normalized spacial score (nSPS) is 12.9. The molecule has 0 saturated heterocycles. The molecule has 0 amide bonds. The minimum Gasteiger partial charge on any atom is -0.395 e. The summed E-state index contributed by atoms with van der Waals surface area (Å²) in [6.45, 7) is 1.09. The number of nitrogens with two attached hydrogens (primary N) is 1. The quantitative estimate of drug-likeness (QED) is 0.576. The first-order valence-electron chi connectivity index (χ1n) is 7.93. The average molecular weight is 408 g/mol. The number of hydrogen-bond donors (Lipinski definition) is 3. The third-order valence-electron chi connectivity index (χ3n) is 3.75. The van der Waals surface area contributed by atoms with Gasteiger partial charge in [0.25, 0.3) is 0 Å². The number of benzene rings is 2. The topological polar surface area (TPSA) is 118 Å². The summed E-state index contributed by atoms with van der Waals surface area (Å²) in [6.07, 6.45) is 0. The molecule has 0 aliphatic rings. The van der Waals surface area contributed by atoms with Crippen molar-refractivity contribution in [2.45, 2.75) is 17.9 Å². The van der Waals surface area contributed by atoms with Gasteiger partial charge in [0.1, 0.15) is 15.7 Å². The molecule has 1 unspecified atom stereocenters. The number of anilines is 1. The fraction of sp³-hybridized carbons (Fsp3) is 0.176. The molecule has 4 N–H and O–H groups in total. The first-order valence-corrected chi connectivity index (χ1v) is 10.2. The van der Waals surface area contributed by atoms with Crippen LogP contribution in [0.3, 0.4) is 0 Å². The van der Waals surface area contributed by atoms with Crippen LogP contribution in [0, 0.1) is 5.82 Å². The smallest absolute Gasteiger partial charge is 0.244 e. The number of nitrogens with one attached hydrogen (secondary N) is 1. The summed E-state index contributed by atoms with van der Waals surface area (Å²) in [5.74, 6) is -0.869. The van der Waals surface area contributed by atoms with Crippen molar-refractivity contribution in [3.63, 3.8) is 0 Å². The largest absolute Gasteiger partial charge is 0.395 e. The standard InChI is InChI=1S/C17H17FN4O3S2/c1-10(9-23)22-27(24,25)15-13(3-2-4-14(15)18)11-5-7-12(8-6-11)16-20-21-17(19)26-16/h2-8,10,22-23H,9H2,1H3,(H2,19,21). The summed E-state index contributed by atoms with van der Waals surface area (Å²) in [5, 5.41) is 17.8. The van der Waals surface area contributed by atoms with Crippen molar-refractivity contribution >= 4 is 26.5 Å². The van der Waals surface area contributed by atoms with Crippen LogP contribution in [-0.4, -0.2) is 36.4 Å². The van der Waals surface area contributed by atoms with Gasteiger partial charge < -0.3 is 10.8 Å². The van der Waals surface area contributed by atoms with E-state index in [1.807, 2.05) is 0 Å². The molecule has 1 heterocycles. The number of rotatable bonds is 6. The van der Waals surface area contributed by atoms with Crippen molar-refractivity contribution in [2.24, 2.45) is 0 Å². The number of sulfonamides is 1. The van der Waals surface area contributed by atoms with E-state index in [0.29, 0.717) is 15.7 Å². The van der Waals surface area contributed by atoms with E-state index >= 15 is 0 Å². The van der Waals surface area contributed by atoms with Crippen molar-refractivity contribution < 1.29 is 17.9 Å². The van der Waals surface area contributed by atoms with Gasteiger partial charge in [-0.15, -0.1) is 10.2 Å². The lowest BCUT2D eigenvalue weighted by Gasteiger charge is -2.15. The molecule has 142 valence electrons. The Labute approximate surface area is 159 Å². The summed E-state index contributed by atoms with van der Waals surface area (Å²) >= 11 is 1.23. The molecule has 27 heavy (non-hydrogen) atoms. The second-order valence-corrected chi connectivity index (χ2v) is 8.50. The number of aliphatic hydroxyl groups is 1. The van der Waals surface area contributed by atoms with E-state index in [-0.39, 0.29) is 5.56 Å². The van der Waals surface area contributed by atoms with E-state index in [1.54, 1.807) is 24.3 Å². The molecular formula is C17H17FN4O3S2. The Morgan fingerprint density at radius 3 is 2.44 bits per heavy atom. The van der Waals surface area contributed by atoms with E-state index in [2.05, 4.69) is 14.9 Å². The van der Waals surface area contributed by atoms with E-state index in [9.17, 15) is 12.8 Å². The lowest BCUT2D eigenvalue weighted by atomic mass is 10.0. The molecule has 3 aromatic rings. The Morgan fingerprint density at radius 1 is 1.19 bits per heavy atom. The van der Waals surface area contributed by atoms with Gasteiger partial charge in [-0.25, -0.2) is 17.5 Å². The zero-order valence-electron chi connectivity index (χ0n) is 14.3. The number of aliphatic hydroxyl groups excluding tert-OH is 1. The van der Waals surface area contributed by atoms with Crippen LogP contribution in [0.2, 0.25) is 0 Å². The number of halogens is 1. The van der Waals surface area contributed by atoms with E-state index < -0.39 is 33.4 Å². The summed E-state index contributed by atoms with van der Waals surface area (Å²) in [7, 11) is -4.16. The van der Waals surface area contributed by atoms with Crippen LogP contribution in [0.5, 0.6) is 0 Å². The predicted octanol–water partition coefficient (Wildman–Crippen LogP) is 2.25. The van der Waals surface area contributed by atoms with E-state index in [4.69, 9.17) is 10.8 Å². The molecule has 10 heteroatoms. The summed E-state index contributed by atoms with van der Waals surface area (Å²) in [4.78, 5) is -0.460. The second-order valence-electron chi connectivity index (χ2n) is 5.84. The molecule has 0 saturated carbocycles. The van der Waals surface area contributed by atoms with Gasteiger partial charge in [0.2, 0.25) is 15.2 Å². The minimum absolute atomic E-state index is 0.218. The highest BCUT2D eigenvalue weighted by Gasteiger charge is 2.25. The van der Waals surface area contributed by atoms with Crippen LogP contribution in [0.25, 0.3) is 21.7 Å². The van der Waals surface area contributed by atoms with Crippen LogP contribution in [-0.2, 0) is 10.0 Å². The number of aromatic nitrogens is 2. The molecule has 0 radical (unpaired) electrons. The number of nitrogen functional groups attached to an aromatic ring is 1. The SMILES string of the molecule is CC(CO)NS(=O)(=O)c1c(F)cccc1-c1ccc(-c2nnc(N)s2)cc1. The molecule has 7 nitrogen and oxygen atoms in total. The van der Waals surface area contributed by atoms with Gasteiger partial charge >= 0.3 is 0 Å². The maximum absolute atomic E-state index is 14.4. The molecule has 0 spiro atoms. The minimum atomic E-state index is -4.16. The molecule has 1 atom stereocenters. The predicted molar refractivity (Wildman–Crippen MR) is 102 cm³/mol. The van der Waals surface area contributed by atoms with Gasteiger partial charge in [0.15, 0.2) is 0 Å². The summed E-state index contributed by atoms with van der Waals surface area (Å²) < 4.78 is 41.9. The highest BCUT2D eigenvalue weighted by molar-refractivity contribution is 7.89. The molecule has 0 fully saturated rings. The van der Waals surface area contributed by atoms with Crippen LogP contribution >= 0.6 is 11.3 Å². The van der Waals surface area contributed by atoms with Crippen LogP contribution in [0.15, 0.2) is 47.4 Å². The van der Waals surface area contributed by atoms with Crippen LogP contribution in [0.1, 0.15) is 6.92 Å². The van der Waals surface area contributed by atoms with Gasteiger partial charge in [-0.2, -0.15) is 0 Å². The Hall–Kier alpha value is -2.40. The molecule has 1 aromatic heterocycles. The Morgan fingerprint density at radius 2 is 1.85 bits per heavy atom. The highest BCUT2D eigenvalue weighted by atomic mass is 32.2. The number of nitrogens with zero attached hydrogens (tertiary/aromatic N) is 2. The molecule has 0 aliphatic carbocycles. The molecule has 0 bridgehead atoms. The second kappa shape index (κ2) is 7.69. The fourth-order valence-electron chi connectivity index (χ4n) is 2.51. The Bertz CT molecular complexity index is 1050. The maximum Gasteiger partial charge on any atom is 0.244 e. The molecule has 3 rings (SSSR count). The van der Waals surface area contributed by atoms with E-state index in [1.165, 1.54) is 30.4 Å². The highest BCUT2D eigenvalue weighted by Crippen LogP contribution is 2.32. The van der Waals surface area contributed by atoms with Gasteiger partial charge in [0, 0.05) is 17.2 Å². The fourth-order valence-corrected chi connectivity index (χ4v) is 4.65. The third-order valence-corrected chi connectivity index (χ3v) is 6.22. The van der Waals surface area contributed by atoms with Crippen molar-refractivity contribution in [3.8, 4) is 21.7 Å². The summed E-state index contributed by atoms with van der Waals surface area (Å²) in [5.41, 5.74) is 7.09. The zero-order chi connectivity index (χ0) is 19.6.